The van der Waals surface area contributed by atoms with Gasteiger partial charge in [-0.2, -0.15) is 0 Å². The predicted octanol–water partition coefficient (Wildman–Crippen LogP) is 7.69. The minimum atomic E-state index is -0.332. The number of carbonyl (C=O) groups is 2. The van der Waals surface area contributed by atoms with Crippen LogP contribution in [-0.4, -0.2) is 32.9 Å². The van der Waals surface area contributed by atoms with Gasteiger partial charge < -0.3 is 15.2 Å². The van der Waals surface area contributed by atoms with Crippen molar-refractivity contribution in [1.29, 1.82) is 0 Å². The van der Waals surface area contributed by atoms with Crippen LogP contribution in [-0.2, 0) is 10.3 Å². The molecule has 2 atom stereocenters. The fourth-order valence-electron chi connectivity index (χ4n) is 3.92. The van der Waals surface area contributed by atoms with Crippen molar-refractivity contribution in [3.63, 3.8) is 0 Å². The molecular weight excluding hydrogens is 506 g/mol. The summed E-state index contributed by atoms with van der Waals surface area (Å²) in [6.07, 6.45) is 10.6. The van der Waals surface area contributed by atoms with Crippen molar-refractivity contribution in [3.05, 3.63) is 53.3 Å². The molecule has 0 aliphatic carbocycles. The van der Waals surface area contributed by atoms with E-state index in [1.165, 1.54) is 43.4 Å². The van der Waals surface area contributed by atoms with Gasteiger partial charge in [0.1, 0.15) is 5.69 Å². The van der Waals surface area contributed by atoms with Gasteiger partial charge in [0, 0.05) is 29.0 Å². The molecule has 0 saturated carbocycles. The Morgan fingerprint density at radius 1 is 1.00 bits per heavy atom. The van der Waals surface area contributed by atoms with E-state index in [-0.39, 0.29) is 23.9 Å². The van der Waals surface area contributed by atoms with E-state index < -0.39 is 0 Å². The SMILES string of the molecule is CCCC(C)CCC(C)CC.Cc1cccc(-c2csc(NC(=O)CNC(=O)c3ccn(C(C)(C)C)c3)n2)n1. The lowest BCUT2D eigenvalue weighted by Gasteiger charge is -2.20. The second-order valence-electron chi connectivity index (χ2n) is 11.4. The van der Waals surface area contributed by atoms with E-state index in [4.69, 9.17) is 0 Å². The summed E-state index contributed by atoms with van der Waals surface area (Å²) in [4.78, 5) is 33.2. The van der Waals surface area contributed by atoms with E-state index in [9.17, 15) is 9.59 Å². The van der Waals surface area contributed by atoms with E-state index in [0.29, 0.717) is 16.4 Å². The number of hydrogen-bond acceptors (Lipinski definition) is 5. The van der Waals surface area contributed by atoms with Gasteiger partial charge in [-0.05, 0) is 57.7 Å². The summed E-state index contributed by atoms with van der Waals surface area (Å²) < 4.78 is 1.96. The van der Waals surface area contributed by atoms with Crippen LogP contribution in [0.3, 0.4) is 0 Å². The maximum Gasteiger partial charge on any atom is 0.253 e. The molecular formula is C31H47N5O2S. The Bertz CT molecular complexity index is 1180. The molecule has 0 saturated heterocycles. The molecule has 0 radical (unpaired) electrons. The summed E-state index contributed by atoms with van der Waals surface area (Å²) in [7, 11) is 0. The molecule has 2 amide bonds. The van der Waals surface area contributed by atoms with Crippen LogP contribution in [0.4, 0.5) is 5.13 Å². The first kappa shape index (κ1) is 32.2. The standard InChI is InChI=1S/C20H23N5O2S.C11H24/c1-13-6-5-7-15(22-13)16-12-28-19(23-16)24-17(26)10-21-18(27)14-8-9-25(11-14)20(2,3)4;1-5-7-11(4)9-8-10(3)6-2/h5-9,11-12H,10H2,1-4H3,(H,21,27)(H,23,24,26);10-11H,5-9H2,1-4H3. The first-order valence-electron chi connectivity index (χ1n) is 14.1. The van der Waals surface area contributed by atoms with Crippen LogP contribution in [0, 0.1) is 18.8 Å². The van der Waals surface area contributed by atoms with Crippen molar-refractivity contribution in [1.82, 2.24) is 19.9 Å². The first-order valence-corrected chi connectivity index (χ1v) is 15.0. The molecule has 0 aliphatic rings. The fourth-order valence-corrected chi connectivity index (χ4v) is 4.64. The number of thiazole rings is 1. The lowest BCUT2D eigenvalue weighted by atomic mass is 9.94. The van der Waals surface area contributed by atoms with Crippen molar-refractivity contribution in [3.8, 4) is 11.4 Å². The molecule has 3 aromatic rings. The van der Waals surface area contributed by atoms with Crippen molar-refractivity contribution in [2.75, 3.05) is 11.9 Å². The Labute approximate surface area is 238 Å². The van der Waals surface area contributed by atoms with Crippen molar-refractivity contribution in [2.24, 2.45) is 11.8 Å². The molecule has 0 aromatic carbocycles. The van der Waals surface area contributed by atoms with Crippen LogP contribution < -0.4 is 10.6 Å². The molecule has 8 heteroatoms. The number of amides is 2. The number of rotatable bonds is 11. The highest BCUT2D eigenvalue weighted by atomic mass is 32.1. The maximum atomic E-state index is 12.2. The van der Waals surface area contributed by atoms with E-state index in [1.807, 2.05) is 41.3 Å². The maximum absolute atomic E-state index is 12.2. The zero-order valence-electron chi connectivity index (χ0n) is 25.0. The third-order valence-electron chi connectivity index (χ3n) is 6.67. The number of hydrogen-bond donors (Lipinski definition) is 2. The van der Waals surface area contributed by atoms with Crippen LogP contribution in [0.5, 0.6) is 0 Å². The highest BCUT2D eigenvalue weighted by Crippen LogP contribution is 2.23. The molecule has 0 aliphatic heterocycles. The van der Waals surface area contributed by atoms with Gasteiger partial charge in [0.2, 0.25) is 5.91 Å². The summed E-state index contributed by atoms with van der Waals surface area (Å²) >= 11 is 1.32. The highest BCUT2D eigenvalue weighted by molar-refractivity contribution is 7.14. The summed E-state index contributed by atoms with van der Waals surface area (Å²) in [6, 6.07) is 7.44. The quantitative estimate of drug-likeness (QED) is 0.255. The summed E-state index contributed by atoms with van der Waals surface area (Å²) in [5.41, 5.74) is 2.78. The molecule has 0 spiro atoms. The number of carbonyl (C=O) groups excluding carboxylic acids is 2. The number of aromatic nitrogens is 3. The van der Waals surface area contributed by atoms with Gasteiger partial charge in [-0.15, -0.1) is 11.3 Å². The van der Waals surface area contributed by atoms with E-state index >= 15 is 0 Å². The van der Waals surface area contributed by atoms with Crippen LogP contribution >= 0.6 is 11.3 Å². The molecule has 0 fully saturated rings. The fraction of sp³-hybridized carbons (Fsp3) is 0.548. The van der Waals surface area contributed by atoms with Crippen LogP contribution in [0.2, 0.25) is 0 Å². The third kappa shape index (κ3) is 11.3. The van der Waals surface area contributed by atoms with Crippen molar-refractivity contribution < 1.29 is 9.59 Å². The number of pyridine rings is 1. The zero-order chi connectivity index (χ0) is 29.0. The molecule has 214 valence electrons. The van der Waals surface area contributed by atoms with Gasteiger partial charge in [-0.3, -0.25) is 14.6 Å². The van der Waals surface area contributed by atoms with E-state index in [2.05, 4.69) is 69.1 Å². The number of nitrogens with one attached hydrogen (secondary N) is 2. The lowest BCUT2D eigenvalue weighted by Crippen LogP contribution is -2.32. The van der Waals surface area contributed by atoms with Crippen LogP contribution in [0.25, 0.3) is 11.4 Å². The molecule has 0 bridgehead atoms. The summed E-state index contributed by atoms with van der Waals surface area (Å²) in [6.45, 7) is 17.2. The minimum Gasteiger partial charge on any atom is -0.348 e. The van der Waals surface area contributed by atoms with Crippen molar-refractivity contribution in [2.45, 2.75) is 93.0 Å². The Morgan fingerprint density at radius 3 is 2.33 bits per heavy atom. The smallest absolute Gasteiger partial charge is 0.253 e. The number of nitrogens with zero attached hydrogens (tertiary/aromatic N) is 3. The second-order valence-corrected chi connectivity index (χ2v) is 12.3. The molecule has 3 rings (SSSR count). The molecule has 2 unspecified atom stereocenters. The molecule has 3 aromatic heterocycles. The van der Waals surface area contributed by atoms with E-state index in [0.717, 1.165) is 23.2 Å². The summed E-state index contributed by atoms with van der Waals surface area (Å²) in [5.74, 6) is 1.27. The lowest BCUT2D eigenvalue weighted by molar-refractivity contribution is -0.115. The minimum absolute atomic E-state index is 0.107. The molecule has 39 heavy (non-hydrogen) atoms. The number of anilines is 1. The zero-order valence-corrected chi connectivity index (χ0v) is 25.8. The Balaban J connectivity index is 0.000000411. The monoisotopic (exact) mass is 553 g/mol. The average Bonchev–Trinajstić information content (AvgIpc) is 3.57. The topological polar surface area (TPSA) is 88.9 Å². The largest absolute Gasteiger partial charge is 0.348 e. The van der Waals surface area contributed by atoms with Gasteiger partial charge in [0.15, 0.2) is 5.13 Å². The number of aryl methyl sites for hydroxylation is 1. The van der Waals surface area contributed by atoms with Gasteiger partial charge in [-0.25, -0.2) is 4.98 Å². The van der Waals surface area contributed by atoms with Crippen molar-refractivity contribution >= 4 is 28.3 Å². The molecule has 2 N–H and O–H groups in total. The Morgan fingerprint density at radius 2 is 1.72 bits per heavy atom. The first-order chi connectivity index (χ1) is 18.4. The Kier molecular flexibility index (Phi) is 12.8. The second kappa shape index (κ2) is 15.6. The summed E-state index contributed by atoms with van der Waals surface area (Å²) in [5, 5.41) is 7.64. The van der Waals surface area contributed by atoms with Gasteiger partial charge in [0.25, 0.3) is 5.91 Å². The average molecular weight is 554 g/mol. The third-order valence-corrected chi connectivity index (χ3v) is 7.43. The van der Waals surface area contributed by atoms with Crippen LogP contribution in [0.15, 0.2) is 42.0 Å². The van der Waals surface area contributed by atoms with Gasteiger partial charge in [-0.1, -0.05) is 65.9 Å². The normalized spacial score (nSPS) is 12.7. The highest BCUT2D eigenvalue weighted by Gasteiger charge is 2.16. The molecule has 7 nitrogen and oxygen atoms in total. The predicted molar refractivity (Wildman–Crippen MR) is 163 cm³/mol. The van der Waals surface area contributed by atoms with Gasteiger partial charge in [0.05, 0.1) is 17.8 Å². The van der Waals surface area contributed by atoms with Gasteiger partial charge >= 0.3 is 0 Å². The molecule has 3 heterocycles. The van der Waals surface area contributed by atoms with Crippen LogP contribution in [0.1, 0.15) is 96.6 Å². The Hall–Kier alpha value is -3.00. The van der Waals surface area contributed by atoms with E-state index in [1.54, 1.807) is 12.3 Å².